The van der Waals surface area contributed by atoms with Crippen LogP contribution in [0.25, 0.3) is 5.57 Å². The average molecular weight is 573 g/mol. The van der Waals surface area contributed by atoms with Crippen molar-refractivity contribution in [3.05, 3.63) is 76.0 Å². The van der Waals surface area contributed by atoms with Crippen LogP contribution >= 0.6 is 12.2 Å². The summed E-state index contributed by atoms with van der Waals surface area (Å²) in [6.07, 6.45) is -3.05. The normalized spacial score (nSPS) is 14.0. The molecular formula is C28H31F3N6O2S. The van der Waals surface area contributed by atoms with Gasteiger partial charge in [-0.25, -0.2) is 5.43 Å². The Labute approximate surface area is 236 Å². The van der Waals surface area contributed by atoms with E-state index >= 15 is 0 Å². The van der Waals surface area contributed by atoms with Gasteiger partial charge in [0.05, 0.1) is 23.7 Å². The molecule has 40 heavy (non-hydrogen) atoms. The van der Waals surface area contributed by atoms with E-state index < -0.39 is 23.1 Å². The van der Waals surface area contributed by atoms with Gasteiger partial charge in [-0.3, -0.25) is 15.0 Å². The van der Waals surface area contributed by atoms with Gasteiger partial charge in [0.1, 0.15) is 4.99 Å². The summed E-state index contributed by atoms with van der Waals surface area (Å²) in [6.45, 7) is 4.84. The molecule has 0 spiro atoms. The standard InChI is InChI=1S/C25H27F3N6S.C3H4O2/c1-15(30)22(16(2)31)18-11-19(13-20(12-18)25(26,27)28)24(7-8-24)34-23(35)21-6-4-3-5-17(21)14-33-32-10-9-29;1-3(5)2-4/h3-6,11-13,30,32-33H,7-8,10,14,31H2,1-2H3,(H,34,35);2H,1H3/b22-16+,30-15?;. The van der Waals surface area contributed by atoms with Gasteiger partial charge in [0.25, 0.3) is 0 Å². The molecule has 6 N–H and O–H groups in total. The number of allylic oxidation sites excluding steroid dienone is 2. The van der Waals surface area contributed by atoms with Crippen molar-refractivity contribution in [3.8, 4) is 6.07 Å². The molecule has 2 aromatic carbocycles. The lowest BCUT2D eigenvalue weighted by Gasteiger charge is -2.24. The number of halogens is 3. The Hall–Kier alpha value is -3.92. The van der Waals surface area contributed by atoms with Crippen LogP contribution in [0, 0.1) is 16.7 Å². The van der Waals surface area contributed by atoms with E-state index in [0.29, 0.717) is 29.9 Å². The van der Waals surface area contributed by atoms with Gasteiger partial charge in [0.2, 0.25) is 0 Å². The van der Waals surface area contributed by atoms with E-state index in [2.05, 4.69) is 16.2 Å². The molecule has 0 heterocycles. The summed E-state index contributed by atoms with van der Waals surface area (Å²) in [5, 5.41) is 20.0. The summed E-state index contributed by atoms with van der Waals surface area (Å²) in [4.78, 5) is 19.0. The zero-order valence-corrected chi connectivity index (χ0v) is 23.1. The maximum absolute atomic E-state index is 13.8. The number of nitriles is 1. The summed E-state index contributed by atoms with van der Waals surface area (Å²) < 4.78 is 41.4. The number of hydrogen-bond acceptors (Lipinski definition) is 8. The highest BCUT2D eigenvalue weighted by Crippen LogP contribution is 2.48. The van der Waals surface area contributed by atoms with Crippen LogP contribution in [0.4, 0.5) is 13.2 Å². The molecule has 0 amide bonds. The summed E-state index contributed by atoms with van der Waals surface area (Å²) >= 11 is 5.67. The van der Waals surface area contributed by atoms with Crippen molar-refractivity contribution in [2.24, 2.45) is 5.73 Å². The number of carbonyl (C=O) groups excluding carboxylic acids is 2. The quantitative estimate of drug-likeness (QED) is 0.0540. The van der Waals surface area contributed by atoms with Gasteiger partial charge in [0, 0.05) is 36.0 Å². The van der Waals surface area contributed by atoms with Crippen LogP contribution in [0.2, 0.25) is 0 Å². The van der Waals surface area contributed by atoms with Crippen molar-refractivity contribution >= 4 is 40.6 Å². The molecule has 212 valence electrons. The van der Waals surface area contributed by atoms with E-state index in [1.165, 1.54) is 13.8 Å². The SMILES string of the molecule is CC(=N)/C(=C(/C)N)c1cc(C(F)(F)F)cc(C2(NC(=S)c3ccccc3CNNCC#N)CC2)c1.CC(=O)C=O. The fourth-order valence-corrected chi connectivity index (χ4v) is 4.40. The lowest BCUT2D eigenvalue weighted by atomic mass is 9.92. The summed E-state index contributed by atoms with van der Waals surface area (Å²) in [5.74, 6) is -0.426. The van der Waals surface area contributed by atoms with Crippen molar-refractivity contribution in [1.82, 2.24) is 16.2 Å². The molecule has 0 aromatic heterocycles. The first-order valence-corrected chi connectivity index (χ1v) is 12.6. The van der Waals surface area contributed by atoms with Gasteiger partial charge in [0.15, 0.2) is 12.1 Å². The Morgan fingerprint density at radius 3 is 2.30 bits per heavy atom. The molecule has 0 saturated heterocycles. The highest BCUT2D eigenvalue weighted by Gasteiger charge is 2.46. The molecular weight excluding hydrogens is 541 g/mol. The fourth-order valence-electron chi connectivity index (χ4n) is 4.00. The largest absolute Gasteiger partial charge is 0.416 e. The molecule has 1 aliphatic rings. The third-order valence-corrected chi connectivity index (χ3v) is 6.29. The number of alkyl halides is 3. The number of carbonyl (C=O) groups is 2. The van der Waals surface area contributed by atoms with E-state index in [0.717, 1.165) is 23.3 Å². The third-order valence-electron chi connectivity index (χ3n) is 5.97. The third kappa shape index (κ3) is 8.81. The molecule has 1 saturated carbocycles. The second-order valence-corrected chi connectivity index (χ2v) is 9.68. The van der Waals surface area contributed by atoms with Crippen LogP contribution in [0.1, 0.15) is 61.4 Å². The number of thiocarbonyl (C=S) groups is 1. The molecule has 1 aliphatic carbocycles. The zero-order valence-electron chi connectivity index (χ0n) is 22.3. The molecule has 0 atom stereocenters. The Kier molecular flexibility index (Phi) is 11.2. The number of aldehydes is 1. The minimum Gasteiger partial charge on any atom is -0.402 e. The van der Waals surface area contributed by atoms with E-state index in [4.69, 9.17) is 33.4 Å². The van der Waals surface area contributed by atoms with E-state index in [1.807, 2.05) is 30.3 Å². The van der Waals surface area contributed by atoms with Gasteiger partial charge in [-0.2, -0.15) is 18.4 Å². The van der Waals surface area contributed by atoms with Crippen LogP contribution in [0.5, 0.6) is 0 Å². The van der Waals surface area contributed by atoms with Crippen molar-refractivity contribution in [2.75, 3.05) is 6.54 Å². The van der Waals surface area contributed by atoms with E-state index in [1.54, 1.807) is 13.0 Å². The first kappa shape index (κ1) is 32.3. The van der Waals surface area contributed by atoms with Crippen LogP contribution in [0.15, 0.2) is 48.2 Å². The topological polar surface area (TPSA) is 144 Å². The number of nitrogens with two attached hydrogens (primary N) is 1. The minimum atomic E-state index is -4.56. The minimum absolute atomic E-state index is 0.0926. The average Bonchev–Trinajstić information content (AvgIpc) is 3.66. The van der Waals surface area contributed by atoms with Gasteiger partial charge < -0.3 is 16.5 Å². The van der Waals surface area contributed by atoms with Crippen LogP contribution in [-0.2, 0) is 27.8 Å². The van der Waals surface area contributed by atoms with Gasteiger partial charge >= 0.3 is 6.18 Å². The molecule has 1 fully saturated rings. The molecule has 12 heteroatoms. The molecule has 3 rings (SSSR count). The number of nitrogens with one attached hydrogen (secondary N) is 4. The number of benzene rings is 2. The number of ketones is 1. The molecule has 2 aromatic rings. The van der Waals surface area contributed by atoms with E-state index in [-0.39, 0.29) is 35.4 Å². The van der Waals surface area contributed by atoms with Crippen molar-refractivity contribution in [1.29, 1.82) is 10.7 Å². The van der Waals surface area contributed by atoms with Crippen LogP contribution in [0.3, 0.4) is 0 Å². The summed E-state index contributed by atoms with van der Waals surface area (Å²) in [7, 11) is 0. The Bertz CT molecular complexity index is 1360. The number of hydrogen-bond donors (Lipinski definition) is 5. The van der Waals surface area contributed by atoms with Crippen molar-refractivity contribution < 1.29 is 22.8 Å². The number of nitrogens with zero attached hydrogens (tertiary/aromatic N) is 1. The van der Waals surface area contributed by atoms with Crippen molar-refractivity contribution in [2.45, 2.75) is 51.9 Å². The highest BCUT2D eigenvalue weighted by atomic mass is 32.1. The summed E-state index contributed by atoms with van der Waals surface area (Å²) in [5.41, 5.74) is 13.1. The predicted octanol–water partition coefficient (Wildman–Crippen LogP) is 4.28. The molecule has 0 radical (unpaired) electrons. The van der Waals surface area contributed by atoms with Gasteiger partial charge in [-0.1, -0.05) is 36.5 Å². The zero-order chi connectivity index (χ0) is 30.1. The molecule has 8 nitrogen and oxygen atoms in total. The van der Waals surface area contributed by atoms with Gasteiger partial charge in [-0.15, -0.1) is 0 Å². The lowest BCUT2D eigenvalue weighted by molar-refractivity contribution is -0.137. The Morgan fingerprint density at radius 1 is 1.18 bits per heavy atom. The number of rotatable bonds is 10. The monoisotopic (exact) mass is 572 g/mol. The van der Waals surface area contributed by atoms with Crippen LogP contribution < -0.4 is 21.9 Å². The summed E-state index contributed by atoms with van der Waals surface area (Å²) in [6, 6.07) is 13.3. The second kappa shape index (κ2) is 13.9. The fraction of sp³-hybridized carbons (Fsp3) is 0.321. The first-order chi connectivity index (χ1) is 18.8. The maximum Gasteiger partial charge on any atom is 0.416 e. The highest BCUT2D eigenvalue weighted by molar-refractivity contribution is 7.80. The lowest BCUT2D eigenvalue weighted by Crippen LogP contribution is -2.36. The van der Waals surface area contributed by atoms with E-state index in [9.17, 15) is 18.0 Å². The maximum atomic E-state index is 13.8. The van der Waals surface area contributed by atoms with Gasteiger partial charge in [-0.05, 0) is 61.6 Å². The Balaban J connectivity index is 0.00000103. The molecule has 0 unspecified atom stereocenters. The smallest absolute Gasteiger partial charge is 0.402 e. The molecule has 0 aliphatic heterocycles. The number of Topliss-reactive ketones (excluding diaryl/α,β-unsaturated/α-hetero) is 1. The number of hydrazine groups is 1. The van der Waals surface area contributed by atoms with Crippen LogP contribution in [-0.4, -0.2) is 29.3 Å². The van der Waals surface area contributed by atoms with Crippen molar-refractivity contribution in [3.63, 3.8) is 0 Å². The Morgan fingerprint density at radius 2 is 1.80 bits per heavy atom. The predicted molar refractivity (Wildman–Crippen MR) is 151 cm³/mol. The second-order valence-electron chi connectivity index (χ2n) is 9.27. The molecule has 0 bridgehead atoms. The first-order valence-electron chi connectivity index (χ1n) is 12.2.